The average Bonchev–Trinajstić information content (AvgIpc) is 2.50. The van der Waals surface area contributed by atoms with E-state index in [2.05, 4.69) is 6.92 Å². The van der Waals surface area contributed by atoms with Crippen molar-refractivity contribution in [2.75, 3.05) is 19.8 Å². The van der Waals surface area contributed by atoms with Gasteiger partial charge in [-0.15, -0.1) is 0 Å². The zero-order chi connectivity index (χ0) is 15.3. The van der Waals surface area contributed by atoms with E-state index >= 15 is 0 Å². The monoisotopic (exact) mass is 292 g/mol. The number of carbonyl (C=O) groups is 1. The molecule has 0 radical (unpaired) electrons. The second-order valence-electron chi connectivity index (χ2n) is 5.17. The second-order valence-corrected chi connectivity index (χ2v) is 5.17. The molecular formula is C18H28O3. The van der Waals surface area contributed by atoms with Crippen LogP contribution in [0.4, 0.5) is 0 Å². The Balaban J connectivity index is 2.22. The molecule has 0 N–H and O–H groups in total. The van der Waals surface area contributed by atoms with Crippen molar-refractivity contribution in [2.45, 2.75) is 52.4 Å². The van der Waals surface area contributed by atoms with Crippen LogP contribution in [0.2, 0.25) is 0 Å². The standard InChI is InChI=1S/C18H28O3/c1-3-5-6-7-8-11-14-20-15-17(19)16-12-9-10-13-18(16)21-4-2/h9-10,12-13H,3-8,11,14-15H2,1-2H3. The smallest absolute Gasteiger partial charge is 0.192 e. The first-order valence-corrected chi connectivity index (χ1v) is 8.12. The highest BCUT2D eigenvalue weighted by Crippen LogP contribution is 2.18. The molecule has 0 amide bonds. The van der Waals surface area contributed by atoms with Gasteiger partial charge in [0.15, 0.2) is 5.78 Å². The van der Waals surface area contributed by atoms with E-state index in [1.165, 1.54) is 32.1 Å². The fourth-order valence-corrected chi connectivity index (χ4v) is 2.21. The van der Waals surface area contributed by atoms with Gasteiger partial charge in [-0.1, -0.05) is 51.2 Å². The Morgan fingerprint density at radius 2 is 1.71 bits per heavy atom. The number of ketones is 1. The molecule has 1 aromatic carbocycles. The van der Waals surface area contributed by atoms with Crippen molar-refractivity contribution in [1.82, 2.24) is 0 Å². The van der Waals surface area contributed by atoms with Crippen LogP contribution in [0.1, 0.15) is 62.7 Å². The van der Waals surface area contributed by atoms with Crippen LogP contribution in [0.3, 0.4) is 0 Å². The highest BCUT2D eigenvalue weighted by Gasteiger charge is 2.11. The lowest BCUT2D eigenvalue weighted by atomic mass is 10.1. The Labute approximate surface area is 128 Å². The number of hydrogen-bond donors (Lipinski definition) is 0. The van der Waals surface area contributed by atoms with Crippen LogP contribution < -0.4 is 4.74 Å². The van der Waals surface area contributed by atoms with E-state index in [1.54, 1.807) is 6.07 Å². The number of carbonyl (C=O) groups excluding carboxylic acids is 1. The predicted octanol–water partition coefficient (Wildman–Crippen LogP) is 4.65. The van der Waals surface area contributed by atoms with Crippen molar-refractivity contribution >= 4 is 5.78 Å². The average molecular weight is 292 g/mol. The van der Waals surface area contributed by atoms with Crippen LogP contribution in [0.5, 0.6) is 5.75 Å². The zero-order valence-electron chi connectivity index (χ0n) is 13.4. The zero-order valence-corrected chi connectivity index (χ0v) is 13.4. The maximum Gasteiger partial charge on any atom is 0.192 e. The summed E-state index contributed by atoms with van der Waals surface area (Å²) in [7, 11) is 0. The summed E-state index contributed by atoms with van der Waals surface area (Å²) in [5.74, 6) is 0.637. The lowest BCUT2D eigenvalue weighted by Crippen LogP contribution is -2.11. The molecule has 21 heavy (non-hydrogen) atoms. The SMILES string of the molecule is CCCCCCCCOCC(=O)c1ccccc1OCC. The molecule has 0 aliphatic carbocycles. The van der Waals surface area contributed by atoms with Gasteiger partial charge in [-0.05, 0) is 25.5 Å². The van der Waals surface area contributed by atoms with Gasteiger partial charge in [0.25, 0.3) is 0 Å². The Hall–Kier alpha value is -1.35. The van der Waals surface area contributed by atoms with Gasteiger partial charge in [-0.2, -0.15) is 0 Å². The summed E-state index contributed by atoms with van der Waals surface area (Å²) in [5, 5.41) is 0. The van der Waals surface area contributed by atoms with E-state index in [-0.39, 0.29) is 12.4 Å². The van der Waals surface area contributed by atoms with Crippen LogP contribution in [-0.2, 0) is 4.74 Å². The summed E-state index contributed by atoms with van der Waals surface area (Å²) in [6.45, 7) is 5.49. The van der Waals surface area contributed by atoms with Crippen molar-refractivity contribution < 1.29 is 14.3 Å². The number of rotatable bonds is 12. The van der Waals surface area contributed by atoms with E-state index in [0.717, 1.165) is 6.42 Å². The largest absolute Gasteiger partial charge is 0.493 e. The number of para-hydroxylation sites is 1. The van der Waals surface area contributed by atoms with Crippen LogP contribution >= 0.6 is 0 Å². The van der Waals surface area contributed by atoms with Gasteiger partial charge in [0.2, 0.25) is 0 Å². The minimum absolute atomic E-state index is 0.00923. The van der Waals surface area contributed by atoms with E-state index in [9.17, 15) is 4.79 Å². The highest BCUT2D eigenvalue weighted by atomic mass is 16.5. The summed E-state index contributed by atoms with van der Waals surface area (Å²) in [6, 6.07) is 7.34. The van der Waals surface area contributed by atoms with Gasteiger partial charge in [-0.25, -0.2) is 0 Å². The fraction of sp³-hybridized carbons (Fsp3) is 0.611. The molecule has 1 rings (SSSR count). The normalized spacial score (nSPS) is 10.6. The number of Topliss-reactive ketones (excluding diaryl/α,β-unsaturated/α-hetero) is 1. The van der Waals surface area contributed by atoms with Crippen LogP contribution in [0.25, 0.3) is 0 Å². The lowest BCUT2D eigenvalue weighted by Gasteiger charge is -2.09. The van der Waals surface area contributed by atoms with Crippen molar-refractivity contribution in [3.05, 3.63) is 29.8 Å². The minimum Gasteiger partial charge on any atom is -0.493 e. The van der Waals surface area contributed by atoms with Crippen molar-refractivity contribution in [3.8, 4) is 5.75 Å². The molecule has 1 aromatic rings. The summed E-state index contributed by atoms with van der Waals surface area (Å²) in [6.07, 6.45) is 7.36. The van der Waals surface area contributed by atoms with Gasteiger partial charge in [0.05, 0.1) is 12.2 Å². The van der Waals surface area contributed by atoms with Gasteiger partial charge in [0.1, 0.15) is 12.4 Å². The Morgan fingerprint density at radius 1 is 1.00 bits per heavy atom. The molecule has 0 spiro atoms. The topological polar surface area (TPSA) is 35.5 Å². The summed E-state index contributed by atoms with van der Waals surface area (Å²) in [4.78, 5) is 12.1. The number of ether oxygens (including phenoxy) is 2. The predicted molar refractivity (Wildman–Crippen MR) is 86.1 cm³/mol. The summed E-state index contributed by atoms with van der Waals surface area (Å²) in [5.41, 5.74) is 0.613. The van der Waals surface area contributed by atoms with Crippen molar-refractivity contribution in [1.29, 1.82) is 0 Å². The Morgan fingerprint density at radius 3 is 2.48 bits per heavy atom. The molecule has 3 nitrogen and oxygen atoms in total. The van der Waals surface area contributed by atoms with Crippen LogP contribution in [0, 0.1) is 0 Å². The van der Waals surface area contributed by atoms with Crippen LogP contribution in [0.15, 0.2) is 24.3 Å². The molecular weight excluding hydrogens is 264 g/mol. The number of benzene rings is 1. The first-order chi connectivity index (χ1) is 10.3. The molecule has 0 atom stereocenters. The van der Waals surface area contributed by atoms with Gasteiger partial charge in [0, 0.05) is 6.61 Å². The van der Waals surface area contributed by atoms with Gasteiger partial charge >= 0.3 is 0 Å². The molecule has 0 aliphatic heterocycles. The molecule has 0 fully saturated rings. The van der Waals surface area contributed by atoms with E-state index in [0.29, 0.717) is 24.5 Å². The van der Waals surface area contributed by atoms with Crippen LogP contribution in [-0.4, -0.2) is 25.6 Å². The summed E-state index contributed by atoms with van der Waals surface area (Å²) >= 11 is 0. The third-order valence-corrected chi connectivity index (χ3v) is 3.36. The molecule has 3 heteroatoms. The third-order valence-electron chi connectivity index (χ3n) is 3.36. The molecule has 0 aromatic heterocycles. The lowest BCUT2D eigenvalue weighted by molar-refractivity contribution is 0.0748. The fourth-order valence-electron chi connectivity index (χ4n) is 2.21. The molecule has 118 valence electrons. The molecule has 0 saturated heterocycles. The molecule has 0 unspecified atom stereocenters. The van der Waals surface area contributed by atoms with E-state index in [4.69, 9.17) is 9.47 Å². The molecule has 0 saturated carbocycles. The molecule has 0 aliphatic rings. The van der Waals surface area contributed by atoms with E-state index in [1.807, 2.05) is 25.1 Å². The number of hydrogen-bond acceptors (Lipinski definition) is 3. The molecule has 0 heterocycles. The van der Waals surface area contributed by atoms with Gasteiger partial charge in [-0.3, -0.25) is 4.79 Å². The van der Waals surface area contributed by atoms with Crippen molar-refractivity contribution in [2.24, 2.45) is 0 Å². The quantitative estimate of drug-likeness (QED) is 0.416. The first-order valence-electron chi connectivity index (χ1n) is 8.12. The van der Waals surface area contributed by atoms with Gasteiger partial charge < -0.3 is 9.47 Å². The second kappa shape index (κ2) is 11.3. The Kier molecular flexibility index (Phi) is 9.55. The van der Waals surface area contributed by atoms with E-state index < -0.39 is 0 Å². The Bertz CT molecular complexity index is 401. The summed E-state index contributed by atoms with van der Waals surface area (Å²) < 4.78 is 10.9. The minimum atomic E-state index is -0.00923. The van der Waals surface area contributed by atoms with Crippen molar-refractivity contribution in [3.63, 3.8) is 0 Å². The maximum atomic E-state index is 12.1. The third kappa shape index (κ3) is 7.28. The highest BCUT2D eigenvalue weighted by molar-refractivity contribution is 5.99. The first kappa shape index (κ1) is 17.7. The molecule has 0 bridgehead atoms. The number of unbranched alkanes of at least 4 members (excludes halogenated alkanes) is 5. The maximum absolute atomic E-state index is 12.1.